The summed E-state index contributed by atoms with van der Waals surface area (Å²) in [5.74, 6) is -0.960. The lowest BCUT2D eigenvalue weighted by molar-refractivity contribution is 0.0659. The molecule has 2 aromatic rings. The number of carboxylic acid groups (broad SMARTS) is 1. The maximum atomic E-state index is 11.0. The number of fused-ring (bicyclic) bond motifs is 1. The highest BCUT2D eigenvalue weighted by Gasteiger charge is 2.21. The lowest BCUT2D eigenvalue weighted by Crippen LogP contribution is -2.16. The fraction of sp³-hybridized carbons (Fsp3) is 0.214. The Labute approximate surface area is 104 Å². The monoisotopic (exact) mass is 243 g/mol. The number of nitrogens with zero attached hydrogens (tertiary/aromatic N) is 1. The van der Waals surface area contributed by atoms with Gasteiger partial charge in [-0.1, -0.05) is 24.3 Å². The minimum absolute atomic E-state index is 0.0472. The Hall–Kier alpha value is -2.07. The first-order valence-electron chi connectivity index (χ1n) is 5.83. The molecule has 1 N–H and O–H groups in total. The van der Waals surface area contributed by atoms with E-state index in [0.29, 0.717) is 6.54 Å². The van der Waals surface area contributed by atoms with E-state index in [1.807, 2.05) is 12.1 Å². The maximum Gasteiger partial charge on any atom is 0.372 e. The average molecular weight is 243 g/mol. The van der Waals surface area contributed by atoms with Crippen molar-refractivity contribution in [2.45, 2.75) is 19.6 Å². The highest BCUT2D eigenvalue weighted by Crippen LogP contribution is 2.25. The summed E-state index contributed by atoms with van der Waals surface area (Å²) in [4.78, 5) is 13.2. The summed E-state index contributed by atoms with van der Waals surface area (Å²) in [7, 11) is 0. The van der Waals surface area contributed by atoms with Gasteiger partial charge in [-0.3, -0.25) is 4.90 Å². The van der Waals surface area contributed by atoms with Crippen LogP contribution in [-0.4, -0.2) is 16.0 Å². The van der Waals surface area contributed by atoms with Crippen molar-refractivity contribution in [3.8, 4) is 0 Å². The Morgan fingerprint density at radius 3 is 2.50 bits per heavy atom. The predicted molar refractivity (Wildman–Crippen MR) is 65.1 cm³/mol. The molecule has 1 aromatic heterocycles. The minimum Gasteiger partial charge on any atom is -0.475 e. The molecule has 0 unspecified atom stereocenters. The van der Waals surface area contributed by atoms with Crippen molar-refractivity contribution >= 4 is 5.97 Å². The molecule has 0 aliphatic carbocycles. The van der Waals surface area contributed by atoms with E-state index in [0.717, 1.165) is 18.7 Å². The molecule has 92 valence electrons. The van der Waals surface area contributed by atoms with Gasteiger partial charge in [-0.2, -0.15) is 0 Å². The number of aromatic carboxylic acids is 1. The number of benzene rings is 1. The molecule has 0 fully saturated rings. The van der Waals surface area contributed by atoms with Gasteiger partial charge in [0, 0.05) is 25.2 Å². The van der Waals surface area contributed by atoms with Crippen molar-refractivity contribution in [2.24, 2.45) is 0 Å². The average Bonchev–Trinajstić information content (AvgIpc) is 2.94. The van der Waals surface area contributed by atoms with E-state index in [2.05, 4.69) is 17.0 Å². The first-order valence-corrected chi connectivity index (χ1v) is 5.83. The zero-order chi connectivity index (χ0) is 12.5. The smallest absolute Gasteiger partial charge is 0.372 e. The first-order chi connectivity index (χ1) is 8.74. The number of furan rings is 1. The molecule has 0 saturated heterocycles. The van der Waals surface area contributed by atoms with Crippen LogP contribution in [0.3, 0.4) is 0 Å². The lowest BCUT2D eigenvalue weighted by atomic mass is 10.1. The third-order valence-corrected chi connectivity index (χ3v) is 3.24. The largest absolute Gasteiger partial charge is 0.475 e. The molecule has 1 aliphatic rings. The second-order valence-corrected chi connectivity index (χ2v) is 4.49. The first kappa shape index (κ1) is 11.0. The van der Waals surface area contributed by atoms with Crippen LogP contribution in [0.2, 0.25) is 0 Å². The molecule has 1 aliphatic heterocycles. The Bertz CT molecular complexity index is 563. The van der Waals surface area contributed by atoms with Crippen molar-refractivity contribution in [3.05, 3.63) is 59.0 Å². The summed E-state index contributed by atoms with van der Waals surface area (Å²) in [6.07, 6.45) is 1.43. The van der Waals surface area contributed by atoms with Crippen molar-refractivity contribution in [1.29, 1.82) is 0 Å². The van der Waals surface area contributed by atoms with Gasteiger partial charge in [-0.15, -0.1) is 0 Å². The molecule has 0 atom stereocenters. The molecular formula is C14H13NO3. The second-order valence-electron chi connectivity index (χ2n) is 4.49. The Morgan fingerprint density at radius 2 is 1.89 bits per heavy atom. The van der Waals surface area contributed by atoms with Crippen LogP contribution in [0.1, 0.15) is 27.2 Å². The third-order valence-electron chi connectivity index (χ3n) is 3.24. The molecule has 0 bridgehead atoms. The van der Waals surface area contributed by atoms with E-state index in [9.17, 15) is 4.79 Å². The van der Waals surface area contributed by atoms with Crippen LogP contribution in [0.5, 0.6) is 0 Å². The van der Waals surface area contributed by atoms with Gasteiger partial charge in [0.25, 0.3) is 0 Å². The molecule has 0 amide bonds. The Balaban J connectivity index is 1.76. The van der Waals surface area contributed by atoms with E-state index >= 15 is 0 Å². The van der Waals surface area contributed by atoms with Gasteiger partial charge in [0.2, 0.25) is 5.76 Å². The Morgan fingerprint density at radius 1 is 1.22 bits per heavy atom. The molecule has 0 saturated carbocycles. The van der Waals surface area contributed by atoms with Crippen LogP contribution in [0, 0.1) is 0 Å². The van der Waals surface area contributed by atoms with Crippen LogP contribution < -0.4 is 0 Å². The minimum atomic E-state index is -1.01. The zero-order valence-corrected chi connectivity index (χ0v) is 9.80. The van der Waals surface area contributed by atoms with E-state index in [1.54, 1.807) is 6.07 Å². The van der Waals surface area contributed by atoms with Crippen LogP contribution >= 0.6 is 0 Å². The summed E-state index contributed by atoms with van der Waals surface area (Å²) < 4.78 is 4.99. The fourth-order valence-electron chi connectivity index (χ4n) is 2.40. The topological polar surface area (TPSA) is 53.7 Å². The predicted octanol–water partition coefficient (Wildman–Crippen LogP) is 2.49. The highest BCUT2D eigenvalue weighted by atomic mass is 16.4. The molecule has 0 spiro atoms. The van der Waals surface area contributed by atoms with Crippen molar-refractivity contribution in [2.75, 3.05) is 0 Å². The number of hydrogen-bond acceptors (Lipinski definition) is 3. The molecule has 18 heavy (non-hydrogen) atoms. The van der Waals surface area contributed by atoms with Gasteiger partial charge >= 0.3 is 5.97 Å². The summed E-state index contributed by atoms with van der Waals surface area (Å²) in [5, 5.41) is 8.99. The van der Waals surface area contributed by atoms with Crippen molar-refractivity contribution in [1.82, 2.24) is 4.90 Å². The summed E-state index contributed by atoms with van der Waals surface area (Å²) in [6, 6.07) is 10.0. The van der Waals surface area contributed by atoms with E-state index < -0.39 is 5.97 Å². The molecule has 2 heterocycles. The highest BCUT2D eigenvalue weighted by molar-refractivity contribution is 5.86. The molecule has 4 heteroatoms. The third kappa shape index (κ3) is 1.91. The SMILES string of the molecule is O=C(O)c1occc1CN1Cc2ccccc2C1. The summed E-state index contributed by atoms with van der Waals surface area (Å²) >= 11 is 0. The number of carboxylic acids is 1. The van der Waals surface area contributed by atoms with Gasteiger partial charge in [0.05, 0.1) is 6.26 Å². The number of carbonyl (C=O) groups is 1. The van der Waals surface area contributed by atoms with Crippen LogP contribution in [0.15, 0.2) is 41.0 Å². The standard InChI is InChI=1S/C14H13NO3/c16-14(17)13-12(5-6-18-13)9-15-7-10-3-1-2-4-11(10)8-15/h1-6H,7-9H2,(H,16,17). The number of hydrogen-bond donors (Lipinski definition) is 1. The van der Waals surface area contributed by atoms with Crippen molar-refractivity contribution < 1.29 is 14.3 Å². The molecule has 1 aromatic carbocycles. The lowest BCUT2D eigenvalue weighted by Gasteiger charge is -2.13. The summed E-state index contributed by atoms with van der Waals surface area (Å²) in [5.41, 5.74) is 3.37. The molecule has 0 radical (unpaired) electrons. The molecule has 3 rings (SSSR count). The Kier molecular flexibility index (Phi) is 2.64. The summed E-state index contributed by atoms with van der Waals surface area (Å²) in [6.45, 7) is 2.33. The normalized spacial score (nSPS) is 14.7. The maximum absolute atomic E-state index is 11.0. The van der Waals surface area contributed by atoms with Crippen molar-refractivity contribution in [3.63, 3.8) is 0 Å². The fourth-order valence-corrected chi connectivity index (χ4v) is 2.40. The van der Waals surface area contributed by atoms with Gasteiger partial charge in [-0.25, -0.2) is 4.79 Å². The zero-order valence-electron chi connectivity index (χ0n) is 9.80. The molecular weight excluding hydrogens is 230 g/mol. The molecule has 4 nitrogen and oxygen atoms in total. The van der Waals surface area contributed by atoms with Gasteiger partial charge in [0.1, 0.15) is 0 Å². The van der Waals surface area contributed by atoms with Gasteiger partial charge in [0.15, 0.2) is 0 Å². The van der Waals surface area contributed by atoms with E-state index in [1.165, 1.54) is 17.4 Å². The van der Waals surface area contributed by atoms with Crippen LogP contribution in [0.4, 0.5) is 0 Å². The van der Waals surface area contributed by atoms with Crippen LogP contribution in [0.25, 0.3) is 0 Å². The second kappa shape index (κ2) is 4.31. The van der Waals surface area contributed by atoms with E-state index in [-0.39, 0.29) is 5.76 Å². The quantitative estimate of drug-likeness (QED) is 0.899. The van der Waals surface area contributed by atoms with E-state index in [4.69, 9.17) is 9.52 Å². The van der Waals surface area contributed by atoms with Gasteiger partial charge in [-0.05, 0) is 17.2 Å². The number of rotatable bonds is 3. The van der Waals surface area contributed by atoms with Crippen LogP contribution in [-0.2, 0) is 19.6 Å². The van der Waals surface area contributed by atoms with Gasteiger partial charge < -0.3 is 9.52 Å².